The molecule has 1 rings (SSSR count). The molecule has 0 aliphatic rings. The lowest BCUT2D eigenvalue weighted by Gasteiger charge is -2.12. The third-order valence-electron chi connectivity index (χ3n) is 2.59. The molecule has 1 unspecified atom stereocenters. The van der Waals surface area contributed by atoms with E-state index in [9.17, 15) is 9.90 Å². The maximum atomic E-state index is 11.2. The molecule has 0 heterocycles. The Morgan fingerprint density at radius 2 is 2.18 bits per heavy atom. The topological polar surface area (TPSA) is 37.3 Å². The highest BCUT2D eigenvalue weighted by Gasteiger charge is 2.18. The second-order valence-electron chi connectivity index (χ2n) is 3.82. The summed E-state index contributed by atoms with van der Waals surface area (Å²) in [5, 5.41) is 9.83. The van der Waals surface area contributed by atoms with Crippen molar-refractivity contribution in [3.8, 4) is 0 Å². The monoisotopic (exact) mass is 272 g/mol. The van der Waals surface area contributed by atoms with Crippen molar-refractivity contribution in [1.82, 2.24) is 0 Å². The number of thioether (sulfide) groups is 1. The molecule has 17 heavy (non-hydrogen) atoms. The lowest BCUT2D eigenvalue weighted by Crippen LogP contribution is -2.17. The Balaban J connectivity index is 2.61. The van der Waals surface area contributed by atoms with Gasteiger partial charge in [0.05, 0.1) is 5.92 Å². The summed E-state index contributed by atoms with van der Waals surface area (Å²) >= 11 is 7.81. The number of aliphatic carboxylic acids is 1. The number of carboxylic acids is 1. The summed E-state index contributed by atoms with van der Waals surface area (Å²) in [6, 6.07) is 7.44. The molecule has 94 valence electrons. The molecular weight excluding hydrogens is 256 g/mol. The van der Waals surface area contributed by atoms with E-state index in [1.165, 1.54) is 0 Å². The highest BCUT2D eigenvalue weighted by atomic mass is 35.5. The highest BCUT2D eigenvalue weighted by molar-refractivity contribution is 7.99. The predicted molar refractivity (Wildman–Crippen MR) is 73.9 cm³/mol. The zero-order chi connectivity index (χ0) is 12.7. The van der Waals surface area contributed by atoms with Crippen molar-refractivity contribution in [3.63, 3.8) is 0 Å². The molecule has 0 aliphatic carbocycles. The van der Waals surface area contributed by atoms with Crippen molar-refractivity contribution in [1.29, 1.82) is 0 Å². The van der Waals surface area contributed by atoms with Gasteiger partial charge in [0.2, 0.25) is 0 Å². The van der Waals surface area contributed by atoms with E-state index in [4.69, 9.17) is 11.6 Å². The van der Waals surface area contributed by atoms with Crippen LogP contribution in [0.5, 0.6) is 0 Å². The van der Waals surface area contributed by atoms with Crippen LogP contribution in [0, 0.1) is 5.92 Å². The van der Waals surface area contributed by atoms with E-state index in [0.29, 0.717) is 17.9 Å². The van der Waals surface area contributed by atoms with Crippen LogP contribution in [-0.4, -0.2) is 22.6 Å². The van der Waals surface area contributed by atoms with Gasteiger partial charge in [0.15, 0.2) is 0 Å². The Labute approximate surface area is 111 Å². The lowest BCUT2D eigenvalue weighted by molar-refractivity contribution is -0.141. The summed E-state index contributed by atoms with van der Waals surface area (Å²) in [6.07, 6.45) is 1.21. The summed E-state index contributed by atoms with van der Waals surface area (Å²) in [5.74, 6) is 0.840. The molecular formula is C13H17ClO2S. The minimum atomic E-state index is -0.735. The van der Waals surface area contributed by atoms with Crippen LogP contribution in [0.3, 0.4) is 0 Å². The van der Waals surface area contributed by atoms with Gasteiger partial charge in [0.1, 0.15) is 0 Å². The Kier molecular flexibility index (Phi) is 6.45. The largest absolute Gasteiger partial charge is 0.481 e. The zero-order valence-corrected chi connectivity index (χ0v) is 11.4. The van der Waals surface area contributed by atoms with E-state index >= 15 is 0 Å². The van der Waals surface area contributed by atoms with Crippen molar-refractivity contribution < 1.29 is 9.90 Å². The van der Waals surface area contributed by atoms with Crippen LogP contribution < -0.4 is 0 Å². The maximum Gasteiger partial charge on any atom is 0.306 e. The number of carboxylic acid groups (broad SMARTS) is 1. The molecule has 0 aromatic heterocycles. The smallest absolute Gasteiger partial charge is 0.306 e. The molecule has 1 aromatic rings. The van der Waals surface area contributed by atoms with Crippen molar-refractivity contribution in [2.45, 2.75) is 19.8 Å². The first-order valence-electron chi connectivity index (χ1n) is 5.69. The van der Waals surface area contributed by atoms with E-state index in [1.54, 1.807) is 17.8 Å². The fraction of sp³-hybridized carbons (Fsp3) is 0.462. The molecule has 0 saturated carbocycles. The number of hydrogen-bond donors (Lipinski definition) is 1. The predicted octanol–water partition coefficient (Wildman–Crippen LogP) is 3.73. The molecule has 0 aliphatic heterocycles. The standard InChI is InChI=1S/C13H17ClO2S/c1-2-17-8-7-11(13(15)16)9-10-5-3-4-6-12(10)14/h3-6,11H,2,7-9H2,1H3,(H,15,16). The van der Waals surface area contributed by atoms with Gasteiger partial charge in [-0.2, -0.15) is 11.8 Å². The van der Waals surface area contributed by atoms with Crippen molar-refractivity contribution in [2.24, 2.45) is 5.92 Å². The van der Waals surface area contributed by atoms with Crippen LogP contribution in [0.2, 0.25) is 5.02 Å². The first-order valence-corrected chi connectivity index (χ1v) is 7.22. The van der Waals surface area contributed by atoms with Crippen LogP contribution in [0.1, 0.15) is 18.9 Å². The van der Waals surface area contributed by atoms with Crippen LogP contribution in [0.25, 0.3) is 0 Å². The average Bonchev–Trinajstić information content (AvgIpc) is 2.30. The van der Waals surface area contributed by atoms with Gasteiger partial charge >= 0.3 is 5.97 Å². The first-order chi connectivity index (χ1) is 8.15. The van der Waals surface area contributed by atoms with E-state index in [-0.39, 0.29) is 5.92 Å². The van der Waals surface area contributed by atoms with E-state index < -0.39 is 5.97 Å². The molecule has 0 saturated heterocycles. The highest BCUT2D eigenvalue weighted by Crippen LogP contribution is 2.21. The van der Waals surface area contributed by atoms with Gasteiger partial charge in [-0.1, -0.05) is 36.7 Å². The van der Waals surface area contributed by atoms with Crippen LogP contribution >= 0.6 is 23.4 Å². The molecule has 0 amide bonds. The molecule has 0 fully saturated rings. The summed E-state index contributed by atoms with van der Waals surface area (Å²) in [7, 11) is 0. The summed E-state index contributed by atoms with van der Waals surface area (Å²) in [6.45, 7) is 2.08. The summed E-state index contributed by atoms with van der Waals surface area (Å²) < 4.78 is 0. The molecule has 1 aromatic carbocycles. The molecule has 4 heteroatoms. The molecule has 0 radical (unpaired) electrons. The van der Waals surface area contributed by atoms with Gasteiger partial charge in [-0.25, -0.2) is 0 Å². The fourth-order valence-electron chi connectivity index (χ4n) is 1.61. The number of rotatable bonds is 7. The molecule has 0 bridgehead atoms. The Bertz CT molecular complexity index is 368. The first kappa shape index (κ1) is 14.4. The normalized spacial score (nSPS) is 12.4. The summed E-state index contributed by atoms with van der Waals surface area (Å²) in [5.41, 5.74) is 0.920. The Morgan fingerprint density at radius 3 is 2.76 bits per heavy atom. The third kappa shape index (κ3) is 5.00. The van der Waals surface area contributed by atoms with Gasteiger partial charge in [-0.05, 0) is 36.0 Å². The second kappa shape index (κ2) is 7.62. The molecule has 1 atom stereocenters. The van der Waals surface area contributed by atoms with Gasteiger partial charge in [-0.3, -0.25) is 4.79 Å². The zero-order valence-electron chi connectivity index (χ0n) is 9.86. The Hall–Kier alpha value is -0.670. The second-order valence-corrected chi connectivity index (χ2v) is 5.62. The van der Waals surface area contributed by atoms with Crippen LogP contribution in [0.4, 0.5) is 0 Å². The quantitative estimate of drug-likeness (QED) is 0.769. The van der Waals surface area contributed by atoms with Crippen LogP contribution in [0.15, 0.2) is 24.3 Å². The molecule has 0 spiro atoms. The minimum Gasteiger partial charge on any atom is -0.481 e. The summed E-state index contributed by atoms with van der Waals surface area (Å²) in [4.78, 5) is 11.2. The maximum absolute atomic E-state index is 11.2. The van der Waals surface area contributed by atoms with Gasteiger partial charge < -0.3 is 5.11 Å². The Morgan fingerprint density at radius 1 is 1.47 bits per heavy atom. The SMILES string of the molecule is CCSCCC(Cc1ccccc1Cl)C(=O)O. The van der Waals surface area contributed by atoms with Gasteiger partial charge in [-0.15, -0.1) is 0 Å². The van der Waals surface area contributed by atoms with Crippen molar-refractivity contribution in [2.75, 3.05) is 11.5 Å². The van der Waals surface area contributed by atoms with Gasteiger partial charge in [0, 0.05) is 5.02 Å². The third-order valence-corrected chi connectivity index (χ3v) is 3.89. The fourth-order valence-corrected chi connectivity index (χ4v) is 2.56. The number of hydrogen-bond acceptors (Lipinski definition) is 2. The van der Waals surface area contributed by atoms with Crippen molar-refractivity contribution in [3.05, 3.63) is 34.9 Å². The minimum absolute atomic E-state index is 0.339. The van der Waals surface area contributed by atoms with Crippen LogP contribution in [-0.2, 0) is 11.2 Å². The van der Waals surface area contributed by atoms with Crippen molar-refractivity contribution >= 4 is 29.3 Å². The molecule has 1 N–H and O–H groups in total. The number of halogens is 1. The van der Waals surface area contributed by atoms with E-state index in [2.05, 4.69) is 6.92 Å². The molecule has 2 nitrogen and oxygen atoms in total. The lowest BCUT2D eigenvalue weighted by atomic mass is 9.97. The van der Waals surface area contributed by atoms with Gasteiger partial charge in [0.25, 0.3) is 0 Å². The number of benzene rings is 1. The van der Waals surface area contributed by atoms with E-state index in [1.807, 2.05) is 18.2 Å². The number of carbonyl (C=O) groups is 1. The van der Waals surface area contributed by atoms with E-state index in [0.717, 1.165) is 17.1 Å². The average molecular weight is 273 g/mol.